The van der Waals surface area contributed by atoms with Crippen molar-refractivity contribution in [3.63, 3.8) is 0 Å². The van der Waals surface area contributed by atoms with Crippen LogP contribution in [0.5, 0.6) is 0 Å². The Labute approximate surface area is 179 Å². The van der Waals surface area contributed by atoms with Gasteiger partial charge in [-0.2, -0.15) is 5.06 Å². The lowest BCUT2D eigenvalue weighted by Gasteiger charge is -2.39. The number of amides is 2. The van der Waals surface area contributed by atoms with E-state index >= 15 is 0 Å². The molecule has 0 radical (unpaired) electrons. The number of aliphatic carboxylic acids is 1. The van der Waals surface area contributed by atoms with E-state index in [1.165, 1.54) is 0 Å². The number of nitrogens with zero attached hydrogens (tertiary/aromatic N) is 2. The van der Waals surface area contributed by atoms with Crippen molar-refractivity contribution in [3.05, 3.63) is 71.8 Å². The standard InChI is InChI=1S/C22H24N2O7/c25-20(26)19-12-11-18(13-23(19)21(27)28)24(31-15-17-9-5-2-6-10-17)22(29)30-14-16-7-3-1-4-8-16/h1-10,18-19H,11-15H2,(H,25,26)(H,27,28)/t18-,19+/m0/s1. The highest BCUT2D eigenvalue weighted by molar-refractivity contribution is 5.79. The zero-order valence-corrected chi connectivity index (χ0v) is 16.8. The minimum absolute atomic E-state index is 0.0258. The van der Waals surface area contributed by atoms with E-state index in [9.17, 15) is 24.6 Å². The van der Waals surface area contributed by atoms with Crippen molar-refractivity contribution in [1.29, 1.82) is 0 Å². The molecule has 2 aromatic carbocycles. The molecule has 1 aliphatic rings. The first-order valence-corrected chi connectivity index (χ1v) is 9.85. The second-order valence-corrected chi connectivity index (χ2v) is 7.15. The molecule has 0 aromatic heterocycles. The van der Waals surface area contributed by atoms with Gasteiger partial charge in [0, 0.05) is 6.54 Å². The lowest BCUT2D eigenvalue weighted by Crippen LogP contribution is -2.57. The molecule has 0 bridgehead atoms. The fraction of sp³-hybridized carbons (Fsp3) is 0.318. The van der Waals surface area contributed by atoms with Gasteiger partial charge in [0.25, 0.3) is 0 Å². The quantitative estimate of drug-likeness (QED) is 0.650. The van der Waals surface area contributed by atoms with Crippen LogP contribution in [-0.4, -0.2) is 57.0 Å². The third-order valence-corrected chi connectivity index (χ3v) is 5.02. The number of hydroxylamine groups is 2. The van der Waals surface area contributed by atoms with Crippen molar-refractivity contribution in [1.82, 2.24) is 9.96 Å². The van der Waals surface area contributed by atoms with E-state index in [1.807, 2.05) is 60.7 Å². The summed E-state index contributed by atoms with van der Waals surface area (Å²) in [5.41, 5.74) is 1.61. The maximum absolute atomic E-state index is 12.8. The van der Waals surface area contributed by atoms with Gasteiger partial charge in [0.1, 0.15) is 19.3 Å². The molecule has 0 spiro atoms. The summed E-state index contributed by atoms with van der Waals surface area (Å²) in [5.74, 6) is -1.22. The Hall–Kier alpha value is -3.59. The first-order valence-electron chi connectivity index (χ1n) is 9.85. The Balaban J connectivity index is 1.73. The average Bonchev–Trinajstić information content (AvgIpc) is 2.79. The van der Waals surface area contributed by atoms with Crippen molar-refractivity contribution >= 4 is 18.2 Å². The van der Waals surface area contributed by atoms with E-state index in [-0.39, 0.29) is 32.6 Å². The van der Waals surface area contributed by atoms with Gasteiger partial charge in [0.05, 0.1) is 6.04 Å². The molecule has 3 rings (SSSR count). The monoisotopic (exact) mass is 428 g/mol. The van der Waals surface area contributed by atoms with E-state index in [4.69, 9.17) is 9.57 Å². The van der Waals surface area contributed by atoms with Crippen LogP contribution < -0.4 is 0 Å². The molecule has 2 aromatic rings. The van der Waals surface area contributed by atoms with Gasteiger partial charge < -0.3 is 14.9 Å². The van der Waals surface area contributed by atoms with Crippen LogP contribution in [0.1, 0.15) is 24.0 Å². The van der Waals surface area contributed by atoms with E-state index in [2.05, 4.69) is 0 Å². The predicted octanol–water partition coefficient (Wildman–Crippen LogP) is 3.35. The Morgan fingerprint density at radius 3 is 2.03 bits per heavy atom. The number of carbonyl (C=O) groups is 3. The molecule has 2 amide bonds. The highest BCUT2D eigenvalue weighted by Gasteiger charge is 2.40. The molecule has 0 saturated carbocycles. The van der Waals surface area contributed by atoms with Gasteiger partial charge in [-0.25, -0.2) is 14.4 Å². The minimum Gasteiger partial charge on any atom is -0.480 e. The number of piperidine rings is 1. The third-order valence-electron chi connectivity index (χ3n) is 5.02. The Morgan fingerprint density at radius 2 is 1.48 bits per heavy atom. The number of hydrogen-bond donors (Lipinski definition) is 2. The molecule has 0 aliphatic carbocycles. The Kier molecular flexibility index (Phi) is 7.45. The molecule has 1 fully saturated rings. The van der Waals surface area contributed by atoms with Gasteiger partial charge in [0.2, 0.25) is 0 Å². The topological polar surface area (TPSA) is 117 Å². The summed E-state index contributed by atoms with van der Waals surface area (Å²) in [4.78, 5) is 42.4. The van der Waals surface area contributed by atoms with Crippen LogP contribution >= 0.6 is 0 Å². The van der Waals surface area contributed by atoms with Crippen LogP contribution in [0.2, 0.25) is 0 Å². The molecule has 9 heteroatoms. The van der Waals surface area contributed by atoms with E-state index in [1.54, 1.807) is 0 Å². The van der Waals surface area contributed by atoms with Crippen LogP contribution in [0.4, 0.5) is 9.59 Å². The highest BCUT2D eigenvalue weighted by atomic mass is 16.7. The van der Waals surface area contributed by atoms with Gasteiger partial charge in [-0.15, -0.1) is 0 Å². The number of likely N-dealkylation sites (tertiary alicyclic amines) is 1. The molecule has 0 unspecified atom stereocenters. The number of carbonyl (C=O) groups excluding carboxylic acids is 1. The molecule has 1 aliphatic heterocycles. The van der Waals surface area contributed by atoms with Crippen molar-refractivity contribution in [2.75, 3.05) is 6.54 Å². The molecular weight excluding hydrogens is 404 g/mol. The van der Waals surface area contributed by atoms with Gasteiger partial charge in [-0.1, -0.05) is 60.7 Å². The zero-order chi connectivity index (χ0) is 22.2. The number of rotatable bonds is 7. The van der Waals surface area contributed by atoms with Crippen molar-refractivity contribution < 1.29 is 34.2 Å². The molecule has 31 heavy (non-hydrogen) atoms. The largest absolute Gasteiger partial charge is 0.480 e. The summed E-state index contributed by atoms with van der Waals surface area (Å²) >= 11 is 0. The summed E-state index contributed by atoms with van der Waals surface area (Å²) in [6.07, 6.45) is -1.80. The Bertz CT molecular complexity index is 891. The molecule has 1 saturated heterocycles. The highest BCUT2D eigenvalue weighted by Crippen LogP contribution is 2.24. The van der Waals surface area contributed by atoms with Crippen LogP contribution in [-0.2, 0) is 27.6 Å². The van der Waals surface area contributed by atoms with Gasteiger partial charge in [0.15, 0.2) is 0 Å². The molecule has 2 N–H and O–H groups in total. The first-order chi connectivity index (χ1) is 15.0. The maximum Gasteiger partial charge on any atom is 0.434 e. The summed E-state index contributed by atoms with van der Waals surface area (Å²) in [6.45, 7) is -0.0906. The van der Waals surface area contributed by atoms with Crippen LogP contribution in [0.3, 0.4) is 0 Å². The first kappa shape index (κ1) is 22.1. The van der Waals surface area contributed by atoms with Gasteiger partial charge in [-0.3, -0.25) is 9.74 Å². The summed E-state index contributed by atoms with van der Waals surface area (Å²) in [6, 6.07) is 16.5. The van der Waals surface area contributed by atoms with Crippen molar-refractivity contribution in [2.45, 2.75) is 38.1 Å². The van der Waals surface area contributed by atoms with Crippen LogP contribution in [0.15, 0.2) is 60.7 Å². The SMILES string of the molecule is O=C(O)[C@H]1CC[C@H](N(OCc2ccccc2)C(=O)OCc2ccccc2)CN1C(=O)O. The van der Waals surface area contributed by atoms with Crippen LogP contribution in [0, 0.1) is 0 Å². The smallest absolute Gasteiger partial charge is 0.434 e. The van der Waals surface area contributed by atoms with Gasteiger partial charge >= 0.3 is 18.2 Å². The van der Waals surface area contributed by atoms with Gasteiger partial charge in [-0.05, 0) is 24.0 Å². The fourth-order valence-corrected chi connectivity index (χ4v) is 3.42. The number of carboxylic acids is 1. The molecular formula is C22H24N2O7. The van der Waals surface area contributed by atoms with E-state index in [0.717, 1.165) is 21.1 Å². The fourth-order valence-electron chi connectivity index (χ4n) is 3.42. The summed E-state index contributed by atoms with van der Waals surface area (Å²) < 4.78 is 5.38. The van der Waals surface area contributed by atoms with Crippen molar-refractivity contribution in [3.8, 4) is 0 Å². The normalized spacial score (nSPS) is 18.3. The lowest BCUT2D eigenvalue weighted by molar-refractivity contribution is -0.183. The summed E-state index contributed by atoms with van der Waals surface area (Å²) in [5, 5.41) is 19.8. The molecule has 9 nitrogen and oxygen atoms in total. The number of hydrogen-bond acceptors (Lipinski definition) is 5. The number of carboxylic acid groups (broad SMARTS) is 2. The second kappa shape index (κ2) is 10.4. The third kappa shape index (κ3) is 5.95. The maximum atomic E-state index is 12.8. The molecule has 1 heterocycles. The number of benzene rings is 2. The van der Waals surface area contributed by atoms with E-state index in [0.29, 0.717) is 0 Å². The molecule has 2 atom stereocenters. The van der Waals surface area contributed by atoms with Crippen LogP contribution in [0.25, 0.3) is 0 Å². The number of ether oxygens (including phenoxy) is 1. The Morgan fingerprint density at radius 1 is 0.903 bits per heavy atom. The average molecular weight is 428 g/mol. The minimum atomic E-state index is -1.36. The molecule has 164 valence electrons. The van der Waals surface area contributed by atoms with E-state index < -0.39 is 30.2 Å². The lowest BCUT2D eigenvalue weighted by atomic mass is 9.98. The second-order valence-electron chi connectivity index (χ2n) is 7.15. The predicted molar refractivity (Wildman–Crippen MR) is 109 cm³/mol. The summed E-state index contributed by atoms with van der Waals surface area (Å²) in [7, 11) is 0. The van der Waals surface area contributed by atoms with Crippen molar-refractivity contribution in [2.24, 2.45) is 0 Å². The zero-order valence-electron chi connectivity index (χ0n) is 16.8.